The van der Waals surface area contributed by atoms with Crippen molar-refractivity contribution in [3.8, 4) is 11.8 Å². The molecule has 0 radical (unpaired) electrons. The lowest BCUT2D eigenvalue weighted by Crippen LogP contribution is -2.45. The Morgan fingerprint density at radius 2 is 1.33 bits per heavy atom. The summed E-state index contributed by atoms with van der Waals surface area (Å²) >= 11 is 0. The number of nitrogens with zero attached hydrogens (tertiary/aromatic N) is 5. The minimum Gasteiger partial charge on any atom is -0.494 e. The molecule has 14 nitrogen and oxygen atoms in total. The fourth-order valence-electron chi connectivity index (χ4n) is 7.94. The lowest BCUT2D eigenvalue weighted by molar-refractivity contribution is 0.0528. The Bertz CT molecular complexity index is 2800. The van der Waals surface area contributed by atoms with Gasteiger partial charge in [-0.2, -0.15) is 0 Å². The van der Waals surface area contributed by atoms with Gasteiger partial charge in [-0.3, -0.25) is 19.1 Å². The average molecular weight is 778 g/mol. The predicted molar refractivity (Wildman–Crippen MR) is 218 cm³/mol. The Kier molecular flexibility index (Phi) is 8.73. The van der Waals surface area contributed by atoms with Crippen LogP contribution in [0.3, 0.4) is 0 Å². The minimum atomic E-state index is -0.666. The molecule has 2 aromatic heterocycles. The number of hydrogen-bond acceptors (Lipinski definition) is 10. The van der Waals surface area contributed by atoms with Crippen LogP contribution in [0.25, 0.3) is 21.8 Å². The summed E-state index contributed by atoms with van der Waals surface area (Å²) in [5.74, 6) is -0.925. The van der Waals surface area contributed by atoms with Gasteiger partial charge in [0.15, 0.2) is 0 Å². The lowest BCUT2D eigenvalue weighted by Gasteiger charge is -2.40. The van der Waals surface area contributed by atoms with E-state index in [1.807, 2.05) is 42.5 Å². The van der Waals surface area contributed by atoms with E-state index in [9.17, 15) is 29.4 Å². The van der Waals surface area contributed by atoms with Gasteiger partial charge in [0.25, 0.3) is 0 Å². The van der Waals surface area contributed by atoms with E-state index < -0.39 is 23.6 Å². The first kappa shape index (κ1) is 36.6. The van der Waals surface area contributed by atoms with E-state index in [0.29, 0.717) is 58.7 Å². The Labute approximate surface area is 332 Å². The molecule has 0 aliphatic carbocycles. The number of hydrogen-bond donors (Lipinski definition) is 4. The van der Waals surface area contributed by atoms with Crippen LogP contribution in [0.5, 0.6) is 11.8 Å². The van der Waals surface area contributed by atoms with E-state index in [-0.39, 0.29) is 53.4 Å². The summed E-state index contributed by atoms with van der Waals surface area (Å²) in [7, 11) is 0. The molecule has 58 heavy (non-hydrogen) atoms. The van der Waals surface area contributed by atoms with E-state index in [1.54, 1.807) is 73.9 Å². The topological polar surface area (TPSA) is 180 Å². The number of benzene rings is 4. The number of aliphatic imine (C=N–C) groups is 2. The Hall–Kier alpha value is -7.06. The van der Waals surface area contributed by atoms with Crippen molar-refractivity contribution in [2.45, 2.75) is 39.0 Å². The van der Waals surface area contributed by atoms with Crippen LogP contribution in [0.15, 0.2) is 101 Å². The summed E-state index contributed by atoms with van der Waals surface area (Å²) in [6.07, 6.45) is -0.616. The van der Waals surface area contributed by atoms with Crippen LogP contribution >= 0.6 is 0 Å². The van der Waals surface area contributed by atoms with Gasteiger partial charge in [-0.25, -0.2) is 24.1 Å². The maximum atomic E-state index is 14.0. The van der Waals surface area contributed by atoms with Crippen LogP contribution in [0, 0.1) is 0 Å². The summed E-state index contributed by atoms with van der Waals surface area (Å²) in [6, 6.07) is 26.6. The number of ketones is 2. The number of ether oxygens (including phenoxy) is 1. The monoisotopic (exact) mass is 777 g/mol. The smallest absolute Gasteiger partial charge is 0.407 e. The number of rotatable bonds is 8. The number of nitrogens with one attached hydrogen (secondary N) is 2. The highest BCUT2D eigenvalue weighted by Gasteiger charge is 2.36. The summed E-state index contributed by atoms with van der Waals surface area (Å²) in [5, 5.41) is 29.6. The Balaban J connectivity index is 0.898. The van der Waals surface area contributed by atoms with E-state index >= 15 is 0 Å². The van der Waals surface area contributed by atoms with Crippen LogP contribution in [0.4, 0.5) is 21.0 Å². The van der Waals surface area contributed by atoms with Crippen LogP contribution in [0.1, 0.15) is 64.1 Å². The van der Waals surface area contributed by atoms with Crippen molar-refractivity contribution >= 4 is 68.3 Å². The molecule has 0 atom stereocenters. The molecule has 0 unspecified atom stereocenters. The molecule has 292 valence electrons. The van der Waals surface area contributed by atoms with Gasteiger partial charge in [0, 0.05) is 48.4 Å². The highest BCUT2D eigenvalue weighted by molar-refractivity contribution is 6.57. The van der Waals surface area contributed by atoms with Gasteiger partial charge in [0.05, 0.1) is 45.8 Å². The van der Waals surface area contributed by atoms with Gasteiger partial charge in [0.2, 0.25) is 23.3 Å². The molecular formula is C44H39N7O7. The van der Waals surface area contributed by atoms with E-state index in [1.165, 1.54) is 0 Å². The number of amides is 2. The molecule has 2 amide bonds. The van der Waals surface area contributed by atoms with Gasteiger partial charge >= 0.3 is 12.1 Å². The third-order valence-corrected chi connectivity index (χ3v) is 10.6. The van der Waals surface area contributed by atoms with Crippen LogP contribution in [-0.2, 0) is 11.4 Å². The molecule has 0 saturated carbocycles. The lowest BCUT2D eigenvalue weighted by atomic mass is 9.89. The second-order valence-electron chi connectivity index (χ2n) is 15.6. The zero-order chi connectivity index (χ0) is 40.5. The van der Waals surface area contributed by atoms with Crippen molar-refractivity contribution < 1.29 is 34.1 Å². The van der Waals surface area contributed by atoms with Gasteiger partial charge in [-0.05, 0) is 62.7 Å². The summed E-state index contributed by atoms with van der Waals surface area (Å²) in [6.45, 7) is 7.09. The SMILES string of the molecule is CC(C)(C)OC(=O)NCCNC(=O)n1c(O)c(C2=Nc3ccc(C4CN(Cn5c(O)c(C6=Nc7ccccc7C6=O)c6ccccc65)C4)cc3C2=O)c2ccccc21. The van der Waals surface area contributed by atoms with Gasteiger partial charge in [0.1, 0.15) is 17.0 Å². The standard InChI is InChI=1S/C44H39N7O7/c1-44(2,3)58-43(57)46-19-18-45-42(56)51-33-15-9-6-12-28(33)35(41(51)55)37-39(53)29-20-24(16-17-31(29)48-37)25-21-49(22-25)23-50-32-14-8-5-11-27(32)34(40(50)54)36-38(52)26-10-4-7-13-30(26)47-36/h4-17,20,25,54-55H,18-19,21-23H2,1-3H3,(H,45,56)(H,46,57). The number of likely N-dealkylation sites (tertiary alicyclic amines) is 1. The van der Waals surface area contributed by atoms with E-state index in [0.717, 1.165) is 21.0 Å². The predicted octanol–water partition coefficient (Wildman–Crippen LogP) is 6.78. The number of Topliss-reactive ketones (excluding diaryl/α,β-unsaturated/α-hetero) is 2. The summed E-state index contributed by atoms with van der Waals surface area (Å²) < 4.78 is 8.12. The van der Waals surface area contributed by atoms with Crippen molar-refractivity contribution in [2.75, 3.05) is 26.2 Å². The van der Waals surface area contributed by atoms with Crippen LogP contribution in [-0.4, -0.2) is 91.1 Å². The number of aromatic hydroxyl groups is 2. The van der Waals surface area contributed by atoms with Crippen molar-refractivity contribution in [2.24, 2.45) is 9.98 Å². The molecule has 4 N–H and O–H groups in total. The second kappa shape index (κ2) is 13.8. The Morgan fingerprint density at radius 1 is 0.741 bits per heavy atom. The first-order valence-corrected chi connectivity index (χ1v) is 19.0. The van der Waals surface area contributed by atoms with E-state index in [2.05, 4.69) is 25.5 Å². The van der Waals surface area contributed by atoms with Crippen LogP contribution < -0.4 is 10.6 Å². The molecule has 3 aliphatic rings. The first-order chi connectivity index (χ1) is 27.9. The van der Waals surface area contributed by atoms with Crippen molar-refractivity contribution in [3.63, 3.8) is 0 Å². The molecule has 14 heteroatoms. The molecule has 1 fully saturated rings. The minimum absolute atomic E-state index is 0.0188. The second-order valence-corrected chi connectivity index (χ2v) is 15.6. The average Bonchev–Trinajstić information content (AvgIpc) is 3.86. The Morgan fingerprint density at radius 3 is 2.03 bits per heavy atom. The molecule has 0 bridgehead atoms. The number of fused-ring (bicyclic) bond motifs is 4. The number of para-hydroxylation sites is 3. The third-order valence-electron chi connectivity index (χ3n) is 10.6. The normalized spacial score (nSPS) is 15.3. The fraction of sp³-hybridized carbons (Fsp3) is 0.227. The molecule has 3 aliphatic heterocycles. The highest BCUT2D eigenvalue weighted by atomic mass is 16.6. The first-order valence-electron chi connectivity index (χ1n) is 19.0. The van der Waals surface area contributed by atoms with E-state index in [4.69, 9.17) is 4.74 Å². The maximum absolute atomic E-state index is 14.0. The molecule has 9 rings (SSSR count). The maximum Gasteiger partial charge on any atom is 0.407 e. The van der Waals surface area contributed by atoms with Crippen LogP contribution in [0.2, 0.25) is 0 Å². The number of aromatic nitrogens is 2. The molecule has 1 saturated heterocycles. The molecule has 6 aromatic rings. The van der Waals surface area contributed by atoms with Gasteiger partial charge < -0.3 is 25.6 Å². The molecule has 5 heterocycles. The highest BCUT2D eigenvalue weighted by Crippen LogP contribution is 2.41. The zero-order valence-electron chi connectivity index (χ0n) is 31.9. The number of carbonyl (C=O) groups excluding carboxylic acids is 4. The molecule has 0 spiro atoms. The summed E-state index contributed by atoms with van der Waals surface area (Å²) in [5.41, 5.74) is 4.27. The molecule has 4 aromatic carbocycles. The quantitative estimate of drug-likeness (QED) is 0.122. The fourth-order valence-corrected chi connectivity index (χ4v) is 7.94. The zero-order valence-corrected chi connectivity index (χ0v) is 31.9. The van der Waals surface area contributed by atoms with Crippen molar-refractivity contribution in [1.82, 2.24) is 24.7 Å². The number of alkyl carbamates (subject to hydrolysis) is 1. The van der Waals surface area contributed by atoms with Gasteiger partial charge in [-0.1, -0.05) is 54.6 Å². The van der Waals surface area contributed by atoms with Crippen molar-refractivity contribution in [3.05, 3.63) is 119 Å². The summed E-state index contributed by atoms with van der Waals surface area (Å²) in [4.78, 5) is 64.2. The van der Waals surface area contributed by atoms with Crippen molar-refractivity contribution in [1.29, 1.82) is 0 Å². The third kappa shape index (κ3) is 6.18. The largest absolute Gasteiger partial charge is 0.494 e. The molecular weight excluding hydrogens is 739 g/mol. The van der Waals surface area contributed by atoms with Gasteiger partial charge in [-0.15, -0.1) is 0 Å². The number of carbonyl (C=O) groups is 4.